The van der Waals surface area contributed by atoms with Crippen LogP contribution in [0.3, 0.4) is 0 Å². The minimum atomic E-state index is -4.90. The van der Waals surface area contributed by atoms with Crippen molar-refractivity contribution in [3.8, 4) is 0 Å². The van der Waals surface area contributed by atoms with E-state index < -0.39 is 17.7 Å². The predicted octanol–water partition coefficient (Wildman–Crippen LogP) is 2.79. The molecule has 0 aliphatic rings. The zero-order valence-electron chi connectivity index (χ0n) is 7.02. The summed E-state index contributed by atoms with van der Waals surface area (Å²) in [6.45, 7) is 1.35. The van der Waals surface area contributed by atoms with E-state index in [0.29, 0.717) is 0 Å². The van der Waals surface area contributed by atoms with Crippen molar-refractivity contribution < 1.29 is 18.0 Å². The fraction of sp³-hybridized carbons (Fsp3) is 0.250. The van der Waals surface area contributed by atoms with Crippen molar-refractivity contribution in [2.24, 2.45) is 0 Å². The summed E-state index contributed by atoms with van der Waals surface area (Å²) in [6, 6.07) is 1.26. The van der Waals surface area contributed by atoms with Crippen molar-refractivity contribution in [1.82, 2.24) is 4.98 Å². The number of pyridine rings is 1. The first-order chi connectivity index (χ1) is 6.32. The smallest absolute Gasteiger partial charge is 0.282 e. The van der Waals surface area contributed by atoms with E-state index in [1.807, 2.05) is 0 Å². The molecule has 14 heavy (non-hydrogen) atoms. The van der Waals surface area contributed by atoms with Crippen LogP contribution in [-0.4, -0.2) is 16.9 Å². The van der Waals surface area contributed by atoms with Gasteiger partial charge in [-0.1, -0.05) is 11.6 Å². The predicted molar refractivity (Wildman–Crippen MR) is 44.4 cm³/mol. The van der Waals surface area contributed by atoms with Gasteiger partial charge in [-0.15, -0.1) is 0 Å². The zero-order chi connectivity index (χ0) is 10.9. The van der Waals surface area contributed by atoms with Crippen LogP contribution in [0.5, 0.6) is 0 Å². The number of carbonyl (C=O) groups excluding carboxylic acids is 1. The summed E-state index contributed by atoms with van der Waals surface area (Å²) >= 11 is 5.48. The minimum Gasteiger partial charge on any atom is -0.282 e. The third kappa shape index (κ3) is 2.23. The molecule has 2 nitrogen and oxygen atoms in total. The molecule has 1 aromatic heterocycles. The van der Waals surface area contributed by atoms with E-state index in [1.165, 1.54) is 13.0 Å². The fourth-order valence-corrected chi connectivity index (χ4v) is 1.12. The Kier molecular flexibility index (Phi) is 2.80. The average molecular weight is 224 g/mol. The summed E-state index contributed by atoms with van der Waals surface area (Å²) in [4.78, 5) is 14.1. The molecule has 0 radical (unpaired) electrons. The van der Waals surface area contributed by atoms with Crippen LogP contribution in [-0.2, 0) is 0 Å². The van der Waals surface area contributed by atoms with Crippen molar-refractivity contribution in [1.29, 1.82) is 0 Å². The van der Waals surface area contributed by atoms with Gasteiger partial charge in [-0.3, -0.25) is 9.78 Å². The number of alkyl halides is 3. The number of nitrogens with zero attached hydrogens (tertiary/aromatic N) is 1. The fourth-order valence-electron chi connectivity index (χ4n) is 0.912. The first kappa shape index (κ1) is 11.0. The first-order valence-electron chi connectivity index (χ1n) is 3.56. The Morgan fingerprint density at radius 3 is 2.50 bits per heavy atom. The van der Waals surface area contributed by atoms with Crippen LogP contribution in [0.1, 0.15) is 16.1 Å². The number of hydrogen-bond acceptors (Lipinski definition) is 2. The molecule has 0 amide bonds. The van der Waals surface area contributed by atoms with Crippen LogP contribution >= 0.6 is 11.6 Å². The van der Waals surface area contributed by atoms with Crippen LogP contribution in [0.4, 0.5) is 13.2 Å². The molecule has 76 valence electrons. The number of rotatable bonds is 1. The summed E-state index contributed by atoms with van der Waals surface area (Å²) in [5.41, 5.74) is -0.498. The first-order valence-corrected chi connectivity index (χ1v) is 3.94. The van der Waals surface area contributed by atoms with Gasteiger partial charge in [0, 0.05) is 6.20 Å². The van der Waals surface area contributed by atoms with Gasteiger partial charge in [-0.25, -0.2) is 0 Å². The molecule has 0 unspecified atom stereocenters. The second-order valence-electron chi connectivity index (χ2n) is 2.65. The highest BCUT2D eigenvalue weighted by molar-refractivity contribution is 6.30. The number of hydrogen-bond donors (Lipinski definition) is 0. The average Bonchev–Trinajstić information content (AvgIpc) is 2.01. The van der Waals surface area contributed by atoms with Crippen molar-refractivity contribution in [2.45, 2.75) is 13.1 Å². The summed E-state index contributed by atoms with van der Waals surface area (Å²) in [5.74, 6) is -1.95. The quantitative estimate of drug-likeness (QED) is 0.686. The van der Waals surface area contributed by atoms with Crippen LogP contribution in [0, 0.1) is 6.92 Å². The molecule has 6 heteroatoms. The Bertz CT molecular complexity index is 375. The van der Waals surface area contributed by atoms with Crippen LogP contribution in [0.25, 0.3) is 0 Å². The third-order valence-electron chi connectivity index (χ3n) is 1.52. The molecule has 0 aromatic carbocycles. The van der Waals surface area contributed by atoms with Gasteiger partial charge in [0.15, 0.2) is 0 Å². The number of carbonyl (C=O) groups is 1. The van der Waals surface area contributed by atoms with Gasteiger partial charge in [-0.05, 0) is 18.6 Å². The van der Waals surface area contributed by atoms with Gasteiger partial charge in [0.25, 0.3) is 5.78 Å². The van der Waals surface area contributed by atoms with Gasteiger partial charge in [0.2, 0.25) is 0 Å². The number of aryl methyl sites for hydroxylation is 1. The minimum absolute atomic E-state index is 0.111. The molecule has 0 aliphatic carbocycles. The number of ketones is 1. The maximum absolute atomic E-state index is 12.0. The molecule has 0 spiro atoms. The molecular weight excluding hydrogens is 219 g/mol. The van der Waals surface area contributed by atoms with E-state index >= 15 is 0 Å². The lowest BCUT2D eigenvalue weighted by Gasteiger charge is -2.06. The third-order valence-corrected chi connectivity index (χ3v) is 1.72. The molecule has 0 bridgehead atoms. The maximum Gasteiger partial charge on any atom is 0.456 e. The van der Waals surface area contributed by atoms with Crippen molar-refractivity contribution >= 4 is 17.4 Å². The van der Waals surface area contributed by atoms with E-state index in [9.17, 15) is 18.0 Å². The number of aromatic nitrogens is 1. The largest absolute Gasteiger partial charge is 0.456 e. The molecule has 1 heterocycles. The van der Waals surface area contributed by atoms with Gasteiger partial charge in [0.05, 0.1) is 5.02 Å². The summed E-state index contributed by atoms with van der Waals surface area (Å²) in [7, 11) is 0. The Morgan fingerprint density at radius 1 is 1.50 bits per heavy atom. The Hall–Kier alpha value is -1.10. The molecule has 0 atom stereocenters. The van der Waals surface area contributed by atoms with Crippen molar-refractivity contribution in [3.63, 3.8) is 0 Å². The Balaban J connectivity index is 3.15. The Morgan fingerprint density at radius 2 is 2.07 bits per heavy atom. The SMILES string of the molecule is Cc1cc(Cl)cnc1C(=O)C(F)(F)F. The lowest BCUT2D eigenvalue weighted by atomic mass is 10.1. The maximum atomic E-state index is 12.0. The molecule has 0 saturated carbocycles. The summed E-state index contributed by atoms with van der Waals surface area (Å²) in [6.07, 6.45) is -3.89. The molecule has 0 N–H and O–H groups in total. The standard InChI is InChI=1S/C8H5ClF3NO/c1-4-2-5(9)3-13-6(4)7(14)8(10,11)12/h2-3H,1H3. The second kappa shape index (κ2) is 3.57. The van der Waals surface area contributed by atoms with E-state index in [2.05, 4.69) is 4.98 Å². The zero-order valence-corrected chi connectivity index (χ0v) is 7.78. The molecule has 0 aliphatic heterocycles. The van der Waals surface area contributed by atoms with Crippen LogP contribution in [0.15, 0.2) is 12.3 Å². The van der Waals surface area contributed by atoms with Crippen LogP contribution in [0.2, 0.25) is 5.02 Å². The van der Waals surface area contributed by atoms with Crippen LogP contribution < -0.4 is 0 Å². The second-order valence-corrected chi connectivity index (χ2v) is 3.08. The highest BCUT2D eigenvalue weighted by atomic mass is 35.5. The van der Waals surface area contributed by atoms with Gasteiger partial charge in [0.1, 0.15) is 5.69 Å². The van der Waals surface area contributed by atoms with E-state index in [-0.39, 0.29) is 10.6 Å². The normalized spacial score (nSPS) is 11.5. The molecule has 0 saturated heterocycles. The highest BCUT2D eigenvalue weighted by Crippen LogP contribution is 2.23. The number of halogens is 4. The topological polar surface area (TPSA) is 30.0 Å². The highest BCUT2D eigenvalue weighted by Gasteiger charge is 2.40. The molecule has 1 aromatic rings. The molecule has 1 rings (SSSR count). The monoisotopic (exact) mass is 223 g/mol. The van der Waals surface area contributed by atoms with Crippen molar-refractivity contribution in [2.75, 3.05) is 0 Å². The van der Waals surface area contributed by atoms with E-state index in [0.717, 1.165) is 6.20 Å². The Labute approximate surface area is 82.7 Å². The lowest BCUT2D eigenvalue weighted by Crippen LogP contribution is -2.24. The summed E-state index contributed by atoms with van der Waals surface area (Å²) < 4.78 is 36.0. The lowest BCUT2D eigenvalue weighted by molar-refractivity contribution is -0.0888. The van der Waals surface area contributed by atoms with Gasteiger partial charge >= 0.3 is 6.18 Å². The van der Waals surface area contributed by atoms with E-state index in [4.69, 9.17) is 11.6 Å². The van der Waals surface area contributed by atoms with Crippen molar-refractivity contribution in [3.05, 3.63) is 28.5 Å². The van der Waals surface area contributed by atoms with Gasteiger partial charge < -0.3 is 0 Å². The molecular formula is C8H5ClF3NO. The molecule has 0 fully saturated rings. The van der Waals surface area contributed by atoms with Gasteiger partial charge in [-0.2, -0.15) is 13.2 Å². The van der Waals surface area contributed by atoms with E-state index in [1.54, 1.807) is 0 Å². The summed E-state index contributed by atoms with van der Waals surface area (Å²) in [5, 5.41) is 0.196. The number of Topliss-reactive ketones (excluding diaryl/α,β-unsaturated/α-hetero) is 1.